The van der Waals surface area contributed by atoms with Gasteiger partial charge in [-0.25, -0.2) is 9.99 Å². The molecular weight excluding hydrogens is 384 g/mol. The summed E-state index contributed by atoms with van der Waals surface area (Å²) in [6, 6.07) is 16.1. The highest BCUT2D eigenvalue weighted by molar-refractivity contribution is 6.14. The minimum Gasteiger partial charge on any atom is -0.454 e. The van der Waals surface area contributed by atoms with Crippen LogP contribution in [0.2, 0.25) is 0 Å². The highest BCUT2D eigenvalue weighted by atomic mass is 16.7. The highest BCUT2D eigenvalue weighted by Gasteiger charge is 2.28. The van der Waals surface area contributed by atoms with Gasteiger partial charge in [0, 0.05) is 29.5 Å². The fraction of sp³-hybridized carbons (Fsp3) is 0.182. The fourth-order valence-corrected chi connectivity index (χ4v) is 3.76. The summed E-state index contributed by atoms with van der Waals surface area (Å²) in [5.41, 5.74) is 3.50. The number of pyridine rings is 1. The molecule has 5 rings (SSSR count). The first-order chi connectivity index (χ1) is 14.6. The van der Waals surface area contributed by atoms with Gasteiger partial charge in [-0.05, 0) is 55.3 Å². The Labute approximate surface area is 172 Å². The number of fused-ring (bicyclic) bond motifs is 2. The van der Waals surface area contributed by atoms with Crippen molar-refractivity contribution in [1.82, 2.24) is 4.98 Å². The molecule has 1 aromatic heterocycles. The van der Waals surface area contributed by atoms with Gasteiger partial charge in [0.15, 0.2) is 11.5 Å². The number of aromatic nitrogens is 1. The second-order valence-corrected chi connectivity index (χ2v) is 7.20. The number of hydrogen-bond acceptors (Lipinski definition) is 7. The summed E-state index contributed by atoms with van der Waals surface area (Å²) >= 11 is 0. The third-order valence-electron chi connectivity index (χ3n) is 5.23. The van der Waals surface area contributed by atoms with Crippen molar-refractivity contribution in [1.29, 1.82) is 0 Å². The summed E-state index contributed by atoms with van der Waals surface area (Å²) in [5.74, 6) is 2.12. The van der Waals surface area contributed by atoms with Gasteiger partial charge in [0.25, 0.3) is 5.69 Å². The molecule has 8 heteroatoms. The van der Waals surface area contributed by atoms with Gasteiger partial charge in [-0.3, -0.25) is 10.1 Å². The van der Waals surface area contributed by atoms with Gasteiger partial charge >= 0.3 is 0 Å². The smallest absolute Gasteiger partial charge is 0.269 e. The Morgan fingerprint density at radius 2 is 1.87 bits per heavy atom. The molecule has 0 spiro atoms. The lowest BCUT2D eigenvalue weighted by atomic mass is 9.94. The molecular formula is C22H18N4O4. The molecule has 2 aliphatic rings. The number of non-ortho nitro benzene ring substituents is 1. The molecule has 8 nitrogen and oxygen atoms in total. The first-order valence-electron chi connectivity index (χ1n) is 9.57. The fourth-order valence-electron chi connectivity index (χ4n) is 3.76. The van der Waals surface area contributed by atoms with Crippen LogP contribution >= 0.6 is 0 Å². The van der Waals surface area contributed by atoms with E-state index in [2.05, 4.69) is 11.9 Å². The van der Waals surface area contributed by atoms with Crippen LogP contribution in [0.1, 0.15) is 23.6 Å². The molecule has 2 aromatic carbocycles. The summed E-state index contributed by atoms with van der Waals surface area (Å²) in [4.78, 5) is 15.1. The Morgan fingerprint density at radius 3 is 2.57 bits per heavy atom. The van der Waals surface area contributed by atoms with Gasteiger partial charge in [-0.15, -0.1) is 0 Å². The van der Waals surface area contributed by atoms with Crippen molar-refractivity contribution in [2.45, 2.75) is 19.4 Å². The molecule has 0 radical (unpaired) electrons. The predicted octanol–water partition coefficient (Wildman–Crippen LogP) is 3.92. The van der Waals surface area contributed by atoms with Crippen LogP contribution < -0.4 is 14.5 Å². The zero-order valence-corrected chi connectivity index (χ0v) is 16.2. The van der Waals surface area contributed by atoms with Crippen LogP contribution in [0.25, 0.3) is 0 Å². The normalized spacial score (nSPS) is 17.2. The van der Waals surface area contributed by atoms with E-state index < -0.39 is 4.92 Å². The maximum absolute atomic E-state index is 11.1. The number of nitro benzene ring substituents is 1. The van der Waals surface area contributed by atoms with Gasteiger partial charge < -0.3 is 9.47 Å². The first-order valence-corrected chi connectivity index (χ1v) is 9.57. The van der Waals surface area contributed by atoms with Crippen molar-refractivity contribution in [2.75, 3.05) is 11.8 Å². The monoisotopic (exact) mass is 402 g/mol. The standard InChI is InChI=1S/C22H18N4O4/c1-14-10-16-11-19-20(30-13-29-19)12-18(16)22(15-5-7-17(8-6-15)26(27)28)24-25(14)21-4-2-3-9-23-21/h2-9,11-12,14H,10,13H2,1H3/t14-/m1/s1. The van der Waals surface area contributed by atoms with E-state index >= 15 is 0 Å². The van der Waals surface area contributed by atoms with E-state index in [4.69, 9.17) is 14.6 Å². The molecule has 1 atom stereocenters. The maximum atomic E-state index is 11.1. The van der Waals surface area contributed by atoms with Crippen molar-refractivity contribution in [2.24, 2.45) is 5.10 Å². The molecule has 150 valence electrons. The summed E-state index contributed by atoms with van der Waals surface area (Å²) in [5, 5.41) is 17.9. The Bertz CT molecular complexity index is 1150. The number of benzene rings is 2. The molecule has 2 aliphatic heterocycles. The number of nitrogens with zero attached hydrogens (tertiary/aromatic N) is 4. The van der Waals surface area contributed by atoms with Crippen molar-refractivity contribution >= 4 is 17.2 Å². The van der Waals surface area contributed by atoms with E-state index in [0.29, 0.717) is 11.5 Å². The average molecular weight is 402 g/mol. The Kier molecular flexibility index (Phi) is 4.31. The van der Waals surface area contributed by atoms with Crippen LogP contribution in [-0.2, 0) is 6.42 Å². The minimum absolute atomic E-state index is 0.0360. The van der Waals surface area contributed by atoms with Crippen molar-refractivity contribution < 1.29 is 14.4 Å². The largest absolute Gasteiger partial charge is 0.454 e. The van der Waals surface area contributed by atoms with Gasteiger partial charge in [0.1, 0.15) is 5.82 Å². The van der Waals surface area contributed by atoms with E-state index in [1.54, 1.807) is 18.3 Å². The van der Waals surface area contributed by atoms with Gasteiger partial charge in [-0.1, -0.05) is 6.07 Å². The number of anilines is 1. The molecule has 3 aromatic rings. The lowest BCUT2D eigenvalue weighted by Gasteiger charge is -2.24. The van der Waals surface area contributed by atoms with Gasteiger partial charge in [0.2, 0.25) is 6.79 Å². The summed E-state index contributed by atoms with van der Waals surface area (Å²) in [6.45, 7) is 2.28. The Morgan fingerprint density at radius 1 is 1.10 bits per heavy atom. The van der Waals surface area contributed by atoms with Crippen molar-refractivity contribution in [3.8, 4) is 11.5 Å². The quantitative estimate of drug-likeness (QED) is 0.487. The van der Waals surface area contributed by atoms with E-state index in [1.807, 2.05) is 35.3 Å². The van der Waals surface area contributed by atoms with Crippen LogP contribution in [0, 0.1) is 10.1 Å². The van der Waals surface area contributed by atoms with Gasteiger partial charge in [0.05, 0.1) is 16.7 Å². The lowest BCUT2D eigenvalue weighted by molar-refractivity contribution is -0.384. The number of nitro groups is 1. The summed E-state index contributed by atoms with van der Waals surface area (Å²) in [6.07, 6.45) is 2.46. The molecule has 0 aliphatic carbocycles. The average Bonchev–Trinajstić information content (AvgIpc) is 3.16. The number of ether oxygens (including phenoxy) is 2. The second-order valence-electron chi connectivity index (χ2n) is 7.20. The van der Waals surface area contributed by atoms with E-state index in [0.717, 1.165) is 34.7 Å². The SMILES string of the molecule is C[C@@H]1Cc2cc3c(cc2C(c2ccc([N+](=O)[O-])cc2)=NN1c1ccccn1)OCO3. The highest BCUT2D eigenvalue weighted by Crippen LogP contribution is 2.38. The molecule has 0 amide bonds. The van der Waals surface area contributed by atoms with Crippen LogP contribution in [0.15, 0.2) is 65.9 Å². The second kappa shape index (κ2) is 7.14. The Hall–Kier alpha value is -3.94. The van der Waals surface area contributed by atoms with Crippen LogP contribution in [0.5, 0.6) is 11.5 Å². The molecule has 0 fully saturated rings. The number of hydrazone groups is 1. The molecule has 0 saturated carbocycles. The number of rotatable bonds is 3. The van der Waals surface area contributed by atoms with Crippen LogP contribution in [0.3, 0.4) is 0 Å². The van der Waals surface area contributed by atoms with Crippen LogP contribution in [0.4, 0.5) is 11.5 Å². The van der Waals surface area contributed by atoms with Crippen molar-refractivity contribution in [3.05, 3.63) is 87.6 Å². The predicted molar refractivity (Wildman–Crippen MR) is 111 cm³/mol. The van der Waals surface area contributed by atoms with E-state index in [1.165, 1.54) is 12.1 Å². The first kappa shape index (κ1) is 18.1. The molecule has 0 bridgehead atoms. The van der Waals surface area contributed by atoms with E-state index in [9.17, 15) is 10.1 Å². The molecule has 30 heavy (non-hydrogen) atoms. The van der Waals surface area contributed by atoms with Crippen molar-refractivity contribution in [3.63, 3.8) is 0 Å². The third-order valence-corrected chi connectivity index (χ3v) is 5.23. The zero-order valence-electron chi connectivity index (χ0n) is 16.2. The molecule has 0 saturated heterocycles. The Balaban J connectivity index is 1.69. The van der Waals surface area contributed by atoms with Crippen LogP contribution in [-0.4, -0.2) is 28.5 Å². The molecule has 0 N–H and O–H groups in total. The molecule has 0 unspecified atom stereocenters. The summed E-state index contributed by atoms with van der Waals surface area (Å²) < 4.78 is 11.2. The number of hydrogen-bond donors (Lipinski definition) is 0. The molecule has 3 heterocycles. The minimum atomic E-state index is -0.410. The van der Waals surface area contributed by atoms with E-state index in [-0.39, 0.29) is 18.5 Å². The lowest BCUT2D eigenvalue weighted by Crippen LogP contribution is -2.30. The maximum Gasteiger partial charge on any atom is 0.269 e. The topological polar surface area (TPSA) is 90.1 Å². The summed E-state index contributed by atoms with van der Waals surface area (Å²) in [7, 11) is 0. The van der Waals surface area contributed by atoms with Gasteiger partial charge in [-0.2, -0.15) is 5.10 Å². The zero-order chi connectivity index (χ0) is 20.7. The third kappa shape index (κ3) is 3.12.